The van der Waals surface area contributed by atoms with E-state index in [4.69, 9.17) is 21.9 Å². The van der Waals surface area contributed by atoms with E-state index in [1.807, 2.05) is 0 Å². The third kappa shape index (κ3) is 3.19. The van der Waals surface area contributed by atoms with Crippen LogP contribution in [0, 0.1) is 6.92 Å². The standard InChI is InChI=1S/C9H10ClN5O3S/c1-5-14-8(15-18-5)4-13-19(16,17)6-2-7(10)9(11)12-3-6/h2-3,13H,4H2,1H3,(H2,11,12). The fraction of sp³-hybridized carbons (Fsp3) is 0.222. The number of anilines is 1. The number of sulfonamides is 1. The second kappa shape index (κ2) is 5.11. The Morgan fingerprint density at radius 3 is 2.84 bits per heavy atom. The first kappa shape index (κ1) is 13.7. The van der Waals surface area contributed by atoms with Crippen molar-refractivity contribution < 1.29 is 12.9 Å². The zero-order valence-corrected chi connectivity index (χ0v) is 11.4. The molecule has 102 valence electrons. The molecule has 0 atom stereocenters. The largest absolute Gasteiger partial charge is 0.382 e. The van der Waals surface area contributed by atoms with Crippen molar-refractivity contribution in [3.63, 3.8) is 0 Å². The second-order valence-corrected chi connectivity index (χ2v) is 5.77. The van der Waals surface area contributed by atoms with Crippen molar-refractivity contribution in [3.05, 3.63) is 29.0 Å². The number of nitrogens with zero attached hydrogens (tertiary/aromatic N) is 3. The van der Waals surface area contributed by atoms with Crippen LogP contribution in [-0.4, -0.2) is 23.5 Å². The first-order valence-corrected chi connectivity index (χ1v) is 6.94. The maximum atomic E-state index is 11.9. The topological polar surface area (TPSA) is 124 Å². The van der Waals surface area contributed by atoms with Crippen LogP contribution in [0.1, 0.15) is 11.7 Å². The molecular weight excluding hydrogens is 294 g/mol. The van der Waals surface area contributed by atoms with Crippen molar-refractivity contribution in [2.24, 2.45) is 0 Å². The summed E-state index contributed by atoms with van der Waals surface area (Å²) >= 11 is 5.72. The monoisotopic (exact) mass is 303 g/mol. The summed E-state index contributed by atoms with van der Waals surface area (Å²) in [5.41, 5.74) is 5.41. The Labute approximate surface area is 114 Å². The molecule has 0 saturated carbocycles. The highest BCUT2D eigenvalue weighted by Crippen LogP contribution is 2.19. The van der Waals surface area contributed by atoms with Gasteiger partial charge in [0, 0.05) is 13.1 Å². The third-order valence-corrected chi connectivity index (χ3v) is 3.82. The zero-order valence-electron chi connectivity index (χ0n) is 9.79. The van der Waals surface area contributed by atoms with Crippen LogP contribution in [0.25, 0.3) is 0 Å². The number of nitrogens with two attached hydrogens (primary N) is 1. The van der Waals surface area contributed by atoms with Gasteiger partial charge in [-0.05, 0) is 6.07 Å². The molecule has 10 heteroatoms. The molecule has 0 amide bonds. The molecule has 0 aromatic carbocycles. The summed E-state index contributed by atoms with van der Waals surface area (Å²) < 4.78 is 30.9. The van der Waals surface area contributed by atoms with Gasteiger partial charge in [0.25, 0.3) is 0 Å². The van der Waals surface area contributed by atoms with E-state index in [0.717, 1.165) is 6.20 Å². The van der Waals surface area contributed by atoms with E-state index in [0.29, 0.717) is 5.89 Å². The highest BCUT2D eigenvalue weighted by molar-refractivity contribution is 7.89. The lowest BCUT2D eigenvalue weighted by molar-refractivity contribution is 0.387. The van der Waals surface area contributed by atoms with Crippen LogP contribution in [0.3, 0.4) is 0 Å². The van der Waals surface area contributed by atoms with Gasteiger partial charge in [0.05, 0.1) is 11.6 Å². The first-order valence-electron chi connectivity index (χ1n) is 5.08. The quantitative estimate of drug-likeness (QED) is 0.842. The Morgan fingerprint density at radius 2 is 2.26 bits per heavy atom. The van der Waals surface area contributed by atoms with Gasteiger partial charge in [-0.15, -0.1) is 0 Å². The third-order valence-electron chi connectivity index (χ3n) is 2.14. The van der Waals surface area contributed by atoms with Crippen molar-refractivity contribution in [1.29, 1.82) is 0 Å². The van der Waals surface area contributed by atoms with Gasteiger partial charge in [-0.1, -0.05) is 16.8 Å². The van der Waals surface area contributed by atoms with Crippen molar-refractivity contribution >= 4 is 27.4 Å². The molecule has 0 radical (unpaired) electrons. The molecule has 2 aromatic rings. The molecule has 3 N–H and O–H groups in total. The first-order chi connectivity index (χ1) is 8.88. The van der Waals surface area contributed by atoms with Crippen LogP contribution in [0.2, 0.25) is 5.02 Å². The summed E-state index contributed by atoms with van der Waals surface area (Å²) in [6.45, 7) is 1.51. The zero-order chi connectivity index (χ0) is 14.0. The average molecular weight is 304 g/mol. The van der Waals surface area contributed by atoms with Crippen molar-refractivity contribution in [1.82, 2.24) is 19.8 Å². The van der Waals surface area contributed by atoms with Crippen LogP contribution in [0.4, 0.5) is 5.82 Å². The van der Waals surface area contributed by atoms with Gasteiger partial charge in [0.15, 0.2) is 5.82 Å². The van der Waals surface area contributed by atoms with Gasteiger partial charge in [-0.2, -0.15) is 4.98 Å². The summed E-state index contributed by atoms with van der Waals surface area (Å²) in [6, 6.07) is 1.22. The minimum Gasteiger partial charge on any atom is -0.382 e. The van der Waals surface area contributed by atoms with Gasteiger partial charge < -0.3 is 10.3 Å². The lowest BCUT2D eigenvalue weighted by Crippen LogP contribution is -2.24. The highest BCUT2D eigenvalue weighted by atomic mass is 35.5. The smallest absolute Gasteiger partial charge is 0.242 e. The lowest BCUT2D eigenvalue weighted by atomic mass is 10.5. The van der Waals surface area contributed by atoms with E-state index < -0.39 is 10.0 Å². The van der Waals surface area contributed by atoms with Crippen molar-refractivity contribution in [2.75, 3.05) is 5.73 Å². The fourth-order valence-corrected chi connectivity index (χ4v) is 2.42. The van der Waals surface area contributed by atoms with Crippen LogP contribution in [-0.2, 0) is 16.6 Å². The second-order valence-electron chi connectivity index (χ2n) is 3.59. The van der Waals surface area contributed by atoms with E-state index in [9.17, 15) is 8.42 Å². The van der Waals surface area contributed by atoms with Crippen LogP contribution >= 0.6 is 11.6 Å². The number of pyridine rings is 1. The van der Waals surface area contributed by atoms with Crippen molar-refractivity contribution in [2.45, 2.75) is 18.4 Å². The predicted octanol–water partition coefficient (Wildman–Crippen LogP) is 0.487. The summed E-state index contributed by atoms with van der Waals surface area (Å²) in [7, 11) is -3.76. The number of aromatic nitrogens is 3. The van der Waals surface area contributed by atoms with Gasteiger partial charge >= 0.3 is 0 Å². The number of hydrogen-bond acceptors (Lipinski definition) is 7. The molecule has 0 aliphatic heterocycles. The summed E-state index contributed by atoms with van der Waals surface area (Å²) in [4.78, 5) is 7.46. The molecule has 0 aliphatic rings. The molecule has 2 aromatic heterocycles. The fourth-order valence-electron chi connectivity index (χ4n) is 1.23. The Bertz CT molecular complexity index is 700. The minimum atomic E-state index is -3.76. The molecule has 0 bridgehead atoms. The predicted molar refractivity (Wildman–Crippen MR) is 66.7 cm³/mol. The molecule has 0 unspecified atom stereocenters. The normalized spacial score (nSPS) is 11.7. The van der Waals surface area contributed by atoms with Crippen LogP contribution in [0.15, 0.2) is 21.7 Å². The van der Waals surface area contributed by atoms with E-state index in [1.165, 1.54) is 6.07 Å². The van der Waals surface area contributed by atoms with E-state index in [-0.39, 0.29) is 28.1 Å². The SMILES string of the molecule is Cc1nc(CNS(=O)(=O)c2cnc(N)c(Cl)c2)no1. The van der Waals surface area contributed by atoms with Crippen LogP contribution < -0.4 is 10.5 Å². The molecule has 2 rings (SSSR count). The highest BCUT2D eigenvalue weighted by Gasteiger charge is 2.17. The van der Waals surface area contributed by atoms with Gasteiger partial charge in [-0.3, -0.25) is 0 Å². The summed E-state index contributed by atoms with van der Waals surface area (Å²) in [6.07, 6.45) is 1.12. The Hall–Kier alpha value is -1.71. The molecule has 2 heterocycles. The van der Waals surface area contributed by atoms with E-state index in [2.05, 4.69) is 19.8 Å². The molecule has 8 nitrogen and oxygen atoms in total. The average Bonchev–Trinajstić information content (AvgIpc) is 2.76. The molecule has 0 saturated heterocycles. The molecular formula is C9H10ClN5O3S. The molecule has 0 fully saturated rings. The van der Waals surface area contributed by atoms with Crippen LogP contribution in [0.5, 0.6) is 0 Å². The Kier molecular flexibility index (Phi) is 3.69. The number of rotatable bonds is 4. The van der Waals surface area contributed by atoms with Gasteiger partial charge in [-0.25, -0.2) is 18.1 Å². The summed E-state index contributed by atoms with van der Waals surface area (Å²) in [5, 5.41) is 3.64. The molecule has 0 spiro atoms. The maximum absolute atomic E-state index is 11.9. The number of nitrogens with one attached hydrogen (secondary N) is 1. The number of hydrogen-bond donors (Lipinski definition) is 2. The minimum absolute atomic E-state index is 0.0643. The number of halogens is 1. The number of aryl methyl sites for hydroxylation is 1. The van der Waals surface area contributed by atoms with E-state index in [1.54, 1.807) is 6.92 Å². The van der Waals surface area contributed by atoms with Crippen molar-refractivity contribution in [3.8, 4) is 0 Å². The lowest BCUT2D eigenvalue weighted by Gasteiger charge is -2.05. The molecule has 19 heavy (non-hydrogen) atoms. The van der Waals surface area contributed by atoms with Gasteiger partial charge in [0.2, 0.25) is 15.9 Å². The Balaban J connectivity index is 2.16. The van der Waals surface area contributed by atoms with Gasteiger partial charge in [0.1, 0.15) is 10.7 Å². The maximum Gasteiger partial charge on any atom is 0.242 e. The molecule has 0 aliphatic carbocycles. The van der Waals surface area contributed by atoms with E-state index >= 15 is 0 Å². The Morgan fingerprint density at radius 1 is 1.53 bits per heavy atom. The number of nitrogen functional groups attached to an aromatic ring is 1. The summed E-state index contributed by atoms with van der Waals surface area (Å²) in [5.74, 6) is 0.649.